The summed E-state index contributed by atoms with van der Waals surface area (Å²) in [7, 11) is 2.10. The highest BCUT2D eigenvalue weighted by Crippen LogP contribution is 2.27. The third-order valence-corrected chi connectivity index (χ3v) is 3.63. The van der Waals surface area contributed by atoms with Crippen LogP contribution in [0.3, 0.4) is 0 Å². The Hall–Kier alpha value is -0.670. The molecule has 1 aromatic rings. The van der Waals surface area contributed by atoms with Crippen LogP contribution in [0.2, 0.25) is 0 Å². The lowest BCUT2D eigenvalue weighted by Crippen LogP contribution is -2.21. The van der Waals surface area contributed by atoms with E-state index >= 15 is 0 Å². The number of benzene rings is 1. The molecule has 0 aliphatic carbocycles. The zero-order valence-electron chi connectivity index (χ0n) is 11.0. The van der Waals surface area contributed by atoms with Gasteiger partial charge in [0.1, 0.15) is 0 Å². The molecule has 0 radical (unpaired) electrons. The number of anilines is 1. The normalized spacial score (nSPS) is 12.5. The summed E-state index contributed by atoms with van der Waals surface area (Å²) in [6, 6.07) is 8.14. The van der Waals surface area contributed by atoms with E-state index in [1.807, 2.05) is 36.9 Å². The van der Waals surface area contributed by atoms with Crippen LogP contribution in [0, 0.1) is 0 Å². The van der Waals surface area contributed by atoms with Gasteiger partial charge in [-0.05, 0) is 30.9 Å². The van der Waals surface area contributed by atoms with Crippen LogP contribution in [0.5, 0.6) is 0 Å². The van der Waals surface area contributed by atoms with E-state index in [0.29, 0.717) is 0 Å². The molecule has 0 spiro atoms. The van der Waals surface area contributed by atoms with Crippen LogP contribution >= 0.6 is 11.8 Å². The highest BCUT2D eigenvalue weighted by atomic mass is 32.2. The van der Waals surface area contributed by atoms with E-state index in [9.17, 15) is 5.11 Å². The van der Waals surface area contributed by atoms with Crippen LogP contribution in [-0.2, 0) is 0 Å². The Morgan fingerprint density at radius 1 is 1.35 bits per heavy atom. The van der Waals surface area contributed by atoms with E-state index in [2.05, 4.69) is 24.3 Å². The van der Waals surface area contributed by atoms with Crippen LogP contribution in [-0.4, -0.2) is 30.7 Å². The number of aliphatic hydroxyl groups is 1. The largest absolute Gasteiger partial charge is 0.388 e. The van der Waals surface area contributed by atoms with Gasteiger partial charge >= 0.3 is 0 Å². The van der Waals surface area contributed by atoms with Gasteiger partial charge in [-0.15, -0.1) is 0 Å². The molecule has 0 fully saturated rings. The molecule has 0 aromatic heterocycles. The van der Waals surface area contributed by atoms with Crippen LogP contribution in [0.25, 0.3) is 0 Å². The van der Waals surface area contributed by atoms with Crippen molar-refractivity contribution in [2.75, 3.05) is 30.5 Å². The first kappa shape index (κ1) is 14.4. The summed E-state index contributed by atoms with van der Waals surface area (Å²) in [6.07, 6.45) is 3.72. The highest BCUT2D eigenvalue weighted by molar-refractivity contribution is 7.98. The molecule has 0 aliphatic rings. The minimum Gasteiger partial charge on any atom is -0.388 e. The van der Waals surface area contributed by atoms with Crippen molar-refractivity contribution in [3.05, 3.63) is 29.8 Å². The summed E-state index contributed by atoms with van der Waals surface area (Å²) >= 11 is 1.88. The van der Waals surface area contributed by atoms with Crippen molar-refractivity contribution in [2.45, 2.75) is 25.9 Å². The van der Waals surface area contributed by atoms with Gasteiger partial charge in [-0.3, -0.25) is 0 Å². The van der Waals surface area contributed by atoms with Gasteiger partial charge < -0.3 is 10.0 Å². The molecule has 17 heavy (non-hydrogen) atoms. The van der Waals surface area contributed by atoms with Gasteiger partial charge in [0.2, 0.25) is 0 Å². The van der Waals surface area contributed by atoms with Crippen molar-refractivity contribution in [3.8, 4) is 0 Å². The fourth-order valence-electron chi connectivity index (χ4n) is 1.90. The first-order valence-corrected chi connectivity index (χ1v) is 7.57. The van der Waals surface area contributed by atoms with Crippen LogP contribution < -0.4 is 4.90 Å². The summed E-state index contributed by atoms with van der Waals surface area (Å²) < 4.78 is 0. The second kappa shape index (κ2) is 7.62. The average Bonchev–Trinajstić information content (AvgIpc) is 2.38. The third kappa shape index (κ3) is 4.25. The number of rotatable bonds is 7. The molecular formula is C14H23NOS. The molecular weight excluding hydrogens is 230 g/mol. The molecule has 2 nitrogen and oxygen atoms in total. The van der Waals surface area contributed by atoms with Crippen molar-refractivity contribution in [1.29, 1.82) is 0 Å². The van der Waals surface area contributed by atoms with Crippen molar-refractivity contribution < 1.29 is 5.11 Å². The van der Waals surface area contributed by atoms with Crippen molar-refractivity contribution in [3.63, 3.8) is 0 Å². The maximum Gasteiger partial charge on any atom is 0.0807 e. The van der Waals surface area contributed by atoms with E-state index in [1.165, 1.54) is 12.2 Å². The smallest absolute Gasteiger partial charge is 0.0807 e. The van der Waals surface area contributed by atoms with Crippen LogP contribution in [0.4, 0.5) is 5.69 Å². The Bertz CT molecular complexity index is 330. The van der Waals surface area contributed by atoms with Gasteiger partial charge in [0.15, 0.2) is 0 Å². The average molecular weight is 253 g/mol. The molecule has 0 unspecified atom stereocenters. The summed E-state index contributed by atoms with van der Waals surface area (Å²) in [5, 5.41) is 10.00. The van der Waals surface area contributed by atoms with Gasteiger partial charge in [-0.2, -0.15) is 11.8 Å². The van der Waals surface area contributed by atoms with Gasteiger partial charge in [0.25, 0.3) is 0 Å². The number of hydrogen-bond donors (Lipinski definition) is 1. The SMILES string of the molecule is CC[C@H](O)c1ccccc1N(C)CCCSC. The Morgan fingerprint density at radius 2 is 2.06 bits per heavy atom. The Kier molecular flexibility index (Phi) is 6.45. The third-order valence-electron chi connectivity index (χ3n) is 2.94. The predicted molar refractivity (Wildman–Crippen MR) is 78.0 cm³/mol. The number of hydrogen-bond acceptors (Lipinski definition) is 3. The molecule has 0 heterocycles. The van der Waals surface area contributed by atoms with Crippen LogP contribution in [0.1, 0.15) is 31.4 Å². The van der Waals surface area contributed by atoms with E-state index in [0.717, 1.165) is 24.2 Å². The summed E-state index contributed by atoms with van der Waals surface area (Å²) in [5.41, 5.74) is 2.20. The second-order valence-electron chi connectivity index (χ2n) is 4.25. The molecule has 3 heteroatoms. The van der Waals surface area contributed by atoms with E-state index < -0.39 is 0 Å². The van der Waals surface area contributed by atoms with Crippen LogP contribution in [0.15, 0.2) is 24.3 Å². The zero-order valence-corrected chi connectivity index (χ0v) is 11.8. The molecule has 1 rings (SSSR count). The first-order chi connectivity index (χ1) is 8.20. The highest BCUT2D eigenvalue weighted by Gasteiger charge is 2.12. The molecule has 96 valence electrons. The Labute approximate surface area is 109 Å². The number of para-hydroxylation sites is 1. The Balaban J connectivity index is 2.74. The second-order valence-corrected chi connectivity index (χ2v) is 5.24. The van der Waals surface area contributed by atoms with Gasteiger partial charge in [0, 0.05) is 24.8 Å². The lowest BCUT2D eigenvalue weighted by molar-refractivity contribution is 0.174. The summed E-state index contributed by atoms with van der Waals surface area (Å²) in [6.45, 7) is 3.05. The van der Waals surface area contributed by atoms with E-state index in [1.54, 1.807) is 0 Å². The minimum absolute atomic E-state index is 0.353. The fourth-order valence-corrected chi connectivity index (χ4v) is 2.32. The van der Waals surface area contributed by atoms with Crippen molar-refractivity contribution >= 4 is 17.4 Å². The van der Waals surface area contributed by atoms with Gasteiger partial charge in [-0.1, -0.05) is 25.1 Å². The molecule has 0 saturated heterocycles. The zero-order chi connectivity index (χ0) is 12.7. The first-order valence-electron chi connectivity index (χ1n) is 6.17. The lowest BCUT2D eigenvalue weighted by atomic mass is 10.0. The summed E-state index contributed by atoms with van der Waals surface area (Å²) in [4.78, 5) is 2.24. The quantitative estimate of drug-likeness (QED) is 0.754. The predicted octanol–water partition coefficient (Wildman–Crippen LogP) is 3.32. The Morgan fingerprint density at radius 3 is 2.71 bits per heavy atom. The van der Waals surface area contributed by atoms with Gasteiger partial charge in [0.05, 0.1) is 6.10 Å². The van der Waals surface area contributed by atoms with Crippen molar-refractivity contribution in [1.82, 2.24) is 0 Å². The topological polar surface area (TPSA) is 23.5 Å². The number of thioether (sulfide) groups is 1. The molecule has 1 N–H and O–H groups in total. The summed E-state index contributed by atoms with van der Waals surface area (Å²) in [5.74, 6) is 1.18. The van der Waals surface area contributed by atoms with E-state index in [-0.39, 0.29) is 6.10 Å². The number of aliphatic hydroxyl groups excluding tert-OH is 1. The maximum absolute atomic E-state index is 10.00. The molecule has 0 aliphatic heterocycles. The standard InChI is InChI=1S/C14H23NOS/c1-4-14(16)12-8-5-6-9-13(12)15(2)10-7-11-17-3/h5-6,8-9,14,16H,4,7,10-11H2,1-3H3/t14-/m0/s1. The number of nitrogens with zero attached hydrogens (tertiary/aromatic N) is 1. The molecule has 1 aromatic carbocycles. The van der Waals surface area contributed by atoms with Gasteiger partial charge in [-0.25, -0.2) is 0 Å². The fraction of sp³-hybridized carbons (Fsp3) is 0.571. The molecule has 1 atom stereocenters. The molecule has 0 amide bonds. The van der Waals surface area contributed by atoms with Crippen molar-refractivity contribution in [2.24, 2.45) is 0 Å². The lowest BCUT2D eigenvalue weighted by Gasteiger charge is -2.24. The maximum atomic E-state index is 10.00. The van der Waals surface area contributed by atoms with E-state index in [4.69, 9.17) is 0 Å². The molecule has 0 saturated carbocycles. The minimum atomic E-state index is -0.353. The monoisotopic (exact) mass is 253 g/mol. The molecule has 0 bridgehead atoms.